The highest BCUT2D eigenvalue weighted by Gasteiger charge is 2.21. The number of hydrogen-bond acceptors (Lipinski definition) is 3. The number of rotatable bonds is 7. The molecule has 2 amide bonds. The first-order valence-corrected chi connectivity index (χ1v) is 6.30. The predicted molar refractivity (Wildman–Crippen MR) is 66.2 cm³/mol. The summed E-state index contributed by atoms with van der Waals surface area (Å²) >= 11 is 0. The molecule has 0 aliphatic heterocycles. The van der Waals surface area contributed by atoms with Gasteiger partial charge in [-0.05, 0) is 18.3 Å². The Morgan fingerprint density at radius 2 is 1.94 bits per heavy atom. The first-order chi connectivity index (χ1) is 8.00. The molecule has 17 heavy (non-hydrogen) atoms. The Morgan fingerprint density at radius 3 is 2.47 bits per heavy atom. The first-order valence-electron chi connectivity index (χ1n) is 6.30. The van der Waals surface area contributed by atoms with Gasteiger partial charge in [-0.2, -0.15) is 0 Å². The SMILES string of the molecule is CC(C)[C@H](N)C(=O)NCC(=O)NCCC1CC1. The third-order valence-electron chi connectivity index (χ3n) is 3.02. The number of carbonyl (C=O) groups excluding carboxylic acids is 2. The fourth-order valence-corrected chi connectivity index (χ4v) is 1.47. The minimum absolute atomic E-state index is 0.0178. The van der Waals surface area contributed by atoms with Gasteiger partial charge >= 0.3 is 0 Å². The van der Waals surface area contributed by atoms with Gasteiger partial charge in [0.1, 0.15) is 0 Å². The van der Waals surface area contributed by atoms with Crippen molar-refractivity contribution in [1.82, 2.24) is 10.6 Å². The number of nitrogens with two attached hydrogens (primary N) is 1. The van der Waals surface area contributed by atoms with Crippen LogP contribution >= 0.6 is 0 Å². The van der Waals surface area contributed by atoms with E-state index in [9.17, 15) is 9.59 Å². The Morgan fingerprint density at radius 1 is 1.29 bits per heavy atom. The maximum absolute atomic E-state index is 11.5. The zero-order chi connectivity index (χ0) is 12.8. The van der Waals surface area contributed by atoms with Gasteiger partial charge in [-0.15, -0.1) is 0 Å². The highest BCUT2D eigenvalue weighted by atomic mass is 16.2. The lowest BCUT2D eigenvalue weighted by Gasteiger charge is -2.15. The number of hydrogen-bond donors (Lipinski definition) is 3. The molecule has 1 rings (SSSR count). The van der Waals surface area contributed by atoms with Gasteiger partial charge in [-0.3, -0.25) is 9.59 Å². The predicted octanol–water partition coefficient (Wildman–Crippen LogP) is 0.00220. The Labute approximate surface area is 103 Å². The number of nitrogens with one attached hydrogen (secondary N) is 2. The fourth-order valence-electron chi connectivity index (χ4n) is 1.47. The Balaban J connectivity index is 2.07. The van der Waals surface area contributed by atoms with E-state index in [0.29, 0.717) is 6.54 Å². The Kier molecular flexibility index (Phi) is 5.41. The summed E-state index contributed by atoms with van der Waals surface area (Å²) in [7, 11) is 0. The molecule has 0 heterocycles. The molecule has 0 unspecified atom stereocenters. The van der Waals surface area contributed by atoms with Crippen molar-refractivity contribution in [1.29, 1.82) is 0 Å². The van der Waals surface area contributed by atoms with Gasteiger partial charge in [0.15, 0.2) is 0 Å². The third-order valence-corrected chi connectivity index (χ3v) is 3.02. The zero-order valence-corrected chi connectivity index (χ0v) is 10.7. The molecule has 1 atom stereocenters. The average molecular weight is 241 g/mol. The molecule has 5 nitrogen and oxygen atoms in total. The monoisotopic (exact) mass is 241 g/mol. The highest BCUT2D eigenvalue weighted by Crippen LogP contribution is 2.31. The lowest BCUT2D eigenvalue weighted by atomic mass is 10.1. The van der Waals surface area contributed by atoms with Gasteiger partial charge in [0.2, 0.25) is 11.8 Å². The quantitative estimate of drug-likeness (QED) is 0.586. The van der Waals surface area contributed by atoms with Crippen LogP contribution in [0.4, 0.5) is 0 Å². The normalized spacial score (nSPS) is 16.7. The molecule has 0 aromatic heterocycles. The van der Waals surface area contributed by atoms with Crippen molar-refractivity contribution in [3.63, 3.8) is 0 Å². The second kappa shape index (κ2) is 6.59. The van der Waals surface area contributed by atoms with Crippen molar-refractivity contribution in [3.8, 4) is 0 Å². The van der Waals surface area contributed by atoms with Crippen molar-refractivity contribution < 1.29 is 9.59 Å². The molecule has 4 N–H and O–H groups in total. The van der Waals surface area contributed by atoms with Gasteiger partial charge in [0, 0.05) is 6.54 Å². The second-order valence-corrected chi connectivity index (χ2v) is 5.07. The summed E-state index contributed by atoms with van der Waals surface area (Å²) in [5, 5.41) is 5.32. The zero-order valence-electron chi connectivity index (χ0n) is 10.7. The van der Waals surface area contributed by atoms with Crippen molar-refractivity contribution in [3.05, 3.63) is 0 Å². The van der Waals surface area contributed by atoms with Crippen LogP contribution < -0.4 is 16.4 Å². The maximum Gasteiger partial charge on any atom is 0.239 e. The molecule has 1 saturated carbocycles. The molecule has 98 valence electrons. The molecule has 0 aromatic carbocycles. The van der Waals surface area contributed by atoms with E-state index in [2.05, 4.69) is 10.6 Å². The molecule has 1 fully saturated rings. The summed E-state index contributed by atoms with van der Waals surface area (Å²) in [5.41, 5.74) is 5.65. The minimum Gasteiger partial charge on any atom is -0.355 e. The van der Waals surface area contributed by atoms with Gasteiger partial charge in [0.05, 0.1) is 12.6 Å². The molecule has 5 heteroatoms. The van der Waals surface area contributed by atoms with Gasteiger partial charge < -0.3 is 16.4 Å². The minimum atomic E-state index is -0.547. The van der Waals surface area contributed by atoms with E-state index in [1.54, 1.807) is 0 Å². The molecular formula is C12H23N3O2. The van der Waals surface area contributed by atoms with E-state index in [-0.39, 0.29) is 24.3 Å². The maximum atomic E-state index is 11.5. The topological polar surface area (TPSA) is 84.2 Å². The summed E-state index contributed by atoms with van der Waals surface area (Å²) in [5.74, 6) is 0.472. The van der Waals surface area contributed by atoms with Crippen LogP contribution in [-0.2, 0) is 9.59 Å². The third kappa shape index (κ3) is 5.68. The highest BCUT2D eigenvalue weighted by molar-refractivity contribution is 5.87. The summed E-state index contributed by atoms with van der Waals surface area (Å²) in [6, 6.07) is -0.547. The Hall–Kier alpha value is -1.10. The van der Waals surface area contributed by atoms with Gasteiger partial charge in [0.25, 0.3) is 0 Å². The largest absolute Gasteiger partial charge is 0.355 e. The smallest absolute Gasteiger partial charge is 0.239 e. The molecule has 0 spiro atoms. The van der Waals surface area contributed by atoms with Crippen molar-refractivity contribution in [2.24, 2.45) is 17.6 Å². The van der Waals surface area contributed by atoms with Crippen LogP contribution in [0.15, 0.2) is 0 Å². The van der Waals surface area contributed by atoms with Gasteiger partial charge in [-0.25, -0.2) is 0 Å². The standard InChI is InChI=1S/C12H23N3O2/c1-8(2)11(13)12(17)15-7-10(16)14-6-5-9-3-4-9/h8-9,11H,3-7,13H2,1-2H3,(H,14,16)(H,15,17)/t11-/m0/s1. The summed E-state index contributed by atoms with van der Waals surface area (Å²) in [4.78, 5) is 22.8. The molecule has 0 bridgehead atoms. The Bertz CT molecular complexity index is 275. The van der Waals surface area contributed by atoms with Crippen LogP contribution in [0.25, 0.3) is 0 Å². The van der Waals surface area contributed by atoms with E-state index >= 15 is 0 Å². The molecular weight excluding hydrogens is 218 g/mol. The number of amides is 2. The lowest BCUT2D eigenvalue weighted by Crippen LogP contribution is -2.47. The van der Waals surface area contributed by atoms with Crippen molar-refractivity contribution in [2.75, 3.05) is 13.1 Å². The molecule has 0 radical (unpaired) electrons. The number of carbonyl (C=O) groups is 2. The summed E-state index contributed by atoms with van der Waals surface area (Å²) < 4.78 is 0. The molecule has 0 saturated heterocycles. The summed E-state index contributed by atoms with van der Waals surface area (Å²) in [6.45, 7) is 4.47. The average Bonchev–Trinajstić information content (AvgIpc) is 3.08. The van der Waals surface area contributed by atoms with Crippen LogP contribution in [0.1, 0.15) is 33.1 Å². The molecule has 1 aliphatic rings. The molecule has 0 aromatic rings. The lowest BCUT2D eigenvalue weighted by molar-refractivity contribution is -0.127. The fraction of sp³-hybridized carbons (Fsp3) is 0.833. The van der Waals surface area contributed by atoms with E-state index in [1.165, 1.54) is 12.8 Å². The van der Waals surface area contributed by atoms with Gasteiger partial charge in [-0.1, -0.05) is 26.7 Å². The van der Waals surface area contributed by atoms with Crippen LogP contribution in [0.5, 0.6) is 0 Å². The van der Waals surface area contributed by atoms with E-state index in [1.807, 2.05) is 13.8 Å². The van der Waals surface area contributed by atoms with Crippen LogP contribution in [0.2, 0.25) is 0 Å². The van der Waals surface area contributed by atoms with E-state index in [4.69, 9.17) is 5.73 Å². The first kappa shape index (κ1) is 14.0. The second-order valence-electron chi connectivity index (χ2n) is 5.07. The van der Waals surface area contributed by atoms with E-state index in [0.717, 1.165) is 12.3 Å². The van der Waals surface area contributed by atoms with Crippen LogP contribution in [0.3, 0.4) is 0 Å². The van der Waals surface area contributed by atoms with Crippen molar-refractivity contribution in [2.45, 2.75) is 39.2 Å². The van der Waals surface area contributed by atoms with Crippen LogP contribution in [-0.4, -0.2) is 30.9 Å². The van der Waals surface area contributed by atoms with Crippen molar-refractivity contribution >= 4 is 11.8 Å². The molecule has 1 aliphatic carbocycles. The van der Waals surface area contributed by atoms with Crippen LogP contribution in [0, 0.1) is 11.8 Å². The summed E-state index contributed by atoms with van der Waals surface area (Å²) in [6.07, 6.45) is 3.62. The van der Waals surface area contributed by atoms with E-state index < -0.39 is 6.04 Å².